The maximum Gasteiger partial charge on any atom is 0.233 e. The molecule has 2 aromatic carbocycles. The number of benzene rings is 2. The van der Waals surface area contributed by atoms with Crippen LogP contribution in [0.5, 0.6) is 5.75 Å². The zero-order valence-corrected chi connectivity index (χ0v) is 17.8. The molecular formula is C23H32N2O3S. The Morgan fingerprint density at radius 3 is 2.59 bits per heavy atom. The number of anilines is 1. The van der Waals surface area contributed by atoms with Crippen molar-refractivity contribution in [2.45, 2.75) is 38.5 Å². The van der Waals surface area contributed by atoms with E-state index >= 15 is 0 Å². The van der Waals surface area contributed by atoms with Gasteiger partial charge in [0.15, 0.2) is 0 Å². The molecule has 6 heteroatoms. The van der Waals surface area contributed by atoms with E-state index in [1.54, 1.807) is 12.1 Å². The quantitative estimate of drug-likeness (QED) is 0.538. The number of sulfonamides is 1. The van der Waals surface area contributed by atoms with Gasteiger partial charge in [-0.3, -0.25) is 4.72 Å². The molecule has 1 saturated heterocycles. The minimum absolute atomic E-state index is 0.0543. The number of rotatable bonds is 11. The summed E-state index contributed by atoms with van der Waals surface area (Å²) in [4.78, 5) is 0. The van der Waals surface area contributed by atoms with Crippen molar-refractivity contribution in [3.05, 3.63) is 60.2 Å². The van der Waals surface area contributed by atoms with Crippen molar-refractivity contribution < 1.29 is 13.2 Å². The van der Waals surface area contributed by atoms with Crippen LogP contribution in [-0.4, -0.2) is 33.9 Å². The van der Waals surface area contributed by atoms with E-state index in [1.165, 1.54) is 25.7 Å². The molecule has 2 aromatic rings. The number of aryl methyl sites for hydroxylation is 1. The highest BCUT2D eigenvalue weighted by Crippen LogP contribution is 2.21. The van der Waals surface area contributed by atoms with Gasteiger partial charge in [-0.15, -0.1) is 0 Å². The van der Waals surface area contributed by atoms with Crippen LogP contribution >= 0.6 is 0 Å². The highest BCUT2D eigenvalue weighted by molar-refractivity contribution is 7.92. The molecule has 0 aromatic heterocycles. The topological polar surface area (TPSA) is 67.4 Å². The van der Waals surface area contributed by atoms with Crippen LogP contribution < -0.4 is 14.8 Å². The summed E-state index contributed by atoms with van der Waals surface area (Å²) in [7, 11) is -3.40. The Bertz CT molecular complexity index is 834. The van der Waals surface area contributed by atoms with Gasteiger partial charge in [-0.2, -0.15) is 0 Å². The lowest BCUT2D eigenvalue weighted by Crippen LogP contribution is -2.27. The van der Waals surface area contributed by atoms with Crippen LogP contribution in [0.15, 0.2) is 54.6 Å². The molecule has 1 heterocycles. The lowest BCUT2D eigenvalue weighted by molar-refractivity contribution is 0.287. The average Bonchev–Trinajstić information content (AvgIpc) is 2.74. The van der Waals surface area contributed by atoms with E-state index in [4.69, 9.17) is 4.74 Å². The molecule has 1 aliphatic heterocycles. The van der Waals surface area contributed by atoms with E-state index in [0.717, 1.165) is 31.0 Å². The molecule has 0 radical (unpaired) electrons. The van der Waals surface area contributed by atoms with Crippen LogP contribution in [-0.2, 0) is 16.4 Å². The zero-order chi connectivity index (χ0) is 20.4. The first-order valence-electron chi connectivity index (χ1n) is 10.6. The Labute approximate surface area is 174 Å². The van der Waals surface area contributed by atoms with Gasteiger partial charge in [0.1, 0.15) is 5.75 Å². The second-order valence-corrected chi connectivity index (χ2v) is 9.56. The van der Waals surface area contributed by atoms with Gasteiger partial charge in [0.2, 0.25) is 10.0 Å². The van der Waals surface area contributed by atoms with E-state index in [0.29, 0.717) is 24.5 Å². The van der Waals surface area contributed by atoms with E-state index in [9.17, 15) is 8.42 Å². The van der Waals surface area contributed by atoms with Crippen LogP contribution in [0.1, 0.15) is 37.7 Å². The molecule has 3 rings (SSSR count). The number of unbranched alkanes of at least 4 members (excludes halogenated alkanes) is 1. The lowest BCUT2D eigenvalue weighted by Gasteiger charge is -2.22. The van der Waals surface area contributed by atoms with Crippen LogP contribution in [0.4, 0.5) is 5.69 Å². The second kappa shape index (κ2) is 11.2. The highest BCUT2D eigenvalue weighted by Gasteiger charge is 2.13. The molecule has 0 spiro atoms. The van der Waals surface area contributed by atoms with Crippen molar-refractivity contribution >= 4 is 15.7 Å². The molecule has 5 nitrogen and oxygen atoms in total. The van der Waals surface area contributed by atoms with Gasteiger partial charge in [0, 0.05) is 6.07 Å². The predicted octanol–water partition coefficient (Wildman–Crippen LogP) is 4.22. The SMILES string of the molecule is O=S(=O)(CCc1ccccc1)Nc1cccc(OCCCCC2CCNCC2)c1. The van der Waals surface area contributed by atoms with Gasteiger partial charge in [-0.05, 0) is 68.8 Å². The minimum atomic E-state index is -3.40. The van der Waals surface area contributed by atoms with Gasteiger partial charge in [0.25, 0.3) is 0 Å². The van der Waals surface area contributed by atoms with Crippen molar-refractivity contribution in [2.75, 3.05) is 30.2 Å². The largest absolute Gasteiger partial charge is 0.494 e. The monoisotopic (exact) mass is 416 g/mol. The number of piperidine rings is 1. The fourth-order valence-electron chi connectivity index (χ4n) is 3.67. The van der Waals surface area contributed by atoms with Crippen molar-refractivity contribution in [1.82, 2.24) is 5.32 Å². The maximum atomic E-state index is 12.4. The summed E-state index contributed by atoms with van der Waals surface area (Å²) in [6.07, 6.45) is 6.53. The standard InChI is InChI=1S/C23H32N2O3S/c26-29(27,18-14-20-7-2-1-3-8-20)25-22-10-6-11-23(19-22)28-17-5-4-9-21-12-15-24-16-13-21/h1-3,6-8,10-11,19,21,24-25H,4-5,9,12-18H2. The summed E-state index contributed by atoms with van der Waals surface area (Å²) in [5.41, 5.74) is 1.56. The Balaban J connectivity index is 1.40. The van der Waals surface area contributed by atoms with E-state index < -0.39 is 10.0 Å². The van der Waals surface area contributed by atoms with Crippen molar-refractivity contribution in [3.63, 3.8) is 0 Å². The van der Waals surface area contributed by atoms with Crippen LogP contribution in [0.25, 0.3) is 0 Å². The summed E-state index contributed by atoms with van der Waals surface area (Å²) in [5.74, 6) is 1.61. The van der Waals surface area contributed by atoms with Gasteiger partial charge in [0.05, 0.1) is 18.0 Å². The van der Waals surface area contributed by atoms with Gasteiger partial charge in [-0.25, -0.2) is 8.42 Å². The average molecular weight is 417 g/mol. The summed E-state index contributed by atoms with van der Waals surface area (Å²) in [6.45, 7) is 2.96. The van der Waals surface area contributed by atoms with Crippen LogP contribution in [0.3, 0.4) is 0 Å². The number of hydrogen-bond donors (Lipinski definition) is 2. The Hall–Kier alpha value is -2.05. The number of nitrogens with one attached hydrogen (secondary N) is 2. The molecule has 0 amide bonds. The van der Waals surface area contributed by atoms with Gasteiger partial charge >= 0.3 is 0 Å². The Kier molecular flexibility index (Phi) is 8.38. The molecule has 1 aliphatic rings. The van der Waals surface area contributed by atoms with E-state index in [-0.39, 0.29) is 5.75 Å². The fraction of sp³-hybridized carbons (Fsp3) is 0.478. The minimum Gasteiger partial charge on any atom is -0.494 e. The number of hydrogen-bond acceptors (Lipinski definition) is 4. The first kappa shape index (κ1) is 21.7. The Morgan fingerprint density at radius 1 is 1.00 bits per heavy atom. The second-order valence-electron chi connectivity index (χ2n) is 7.72. The first-order valence-corrected chi connectivity index (χ1v) is 12.2. The highest BCUT2D eigenvalue weighted by atomic mass is 32.2. The summed E-state index contributed by atoms with van der Waals surface area (Å²) >= 11 is 0. The first-order chi connectivity index (χ1) is 14.1. The third-order valence-electron chi connectivity index (χ3n) is 5.34. The van der Waals surface area contributed by atoms with Crippen LogP contribution in [0, 0.1) is 5.92 Å². The van der Waals surface area contributed by atoms with Crippen LogP contribution in [0.2, 0.25) is 0 Å². The van der Waals surface area contributed by atoms with Crippen molar-refractivity contribution in [3.8, 4) is 5.75 Å². The molecule has 0 bridgehead atoms. The van der Waals surface area contributed by atoms with Crippen molar-refractivity contribution in [1.29, 1.82) is 0 Å². The normalized spacial score (nSPS) is 15.2. The zero-order valence-electron chi connectivity index (χ0n) is 17.0. The maximum absolute atomic E-state index is 12.4. The summed E-state index contributed by atoms with van der Waals surface area (Å²) < 4.78 is 33.2. The Morgan fingerprint density at radius 2 is 1.79 bits per heavy atom. The molecule has 158 valence electrons. The number of ether oxygens (including phenoxy) is 1. The molecule has 0 saturated carbocycles. The smallest absolute Gasteiger partial charge is 0.233 e. The summed E-state index contributed by atoms with van der Waals surface area (Å²) in [6, 6.07) is 16.8. The van der Waals surface area contributed by atoms with E-state index in [2.05, 4.69) is 10.0 Å². The molecule has 2 N–H and O–H groups in total. The lowest BCUT2D eigenvalue weighted by atomic mass is 9.93. The molecule has 29 heavy (non-hydrogen) atoms. The predicted molar refractivity (Wildman–Crippen MR) is 119 cm³/mol. The molecule has 0 unspecified atom stereocenters. The molecule has 1 fully saturated rings. The molecule has 0 aliphatic carbocycles. The summed E-state index contributed by atoms with van der Waals surface area (Å²) in [5, 5.41) is 3.40. The van der Waals surface area contributed by atoms with Crippen molar-refractivity contribution in [2.24, 2.45) is 5.92 Å². The third-order valence-corrected chi connectivity index (χ3v) is 6.63. The fourth-order valence-corrected chi connectivity index (χ4v) is 4.76. The van der Waals surface area contributed by atoms with Gasteiger partial charge in [-0.1, -0.05) is 42.8 Å². The third kappa shape index (κ3) is 8.07. The molecular weight excluding hydrogens is 384 g/mol. The van der Waals surface area contributed by atoms with E-state index in [1.807, 2.05) is 42.5 Å². The van der Waals surface area contributed by atoms with Gasteiger partial charge < -0.3 is 10.1 Å². The molecule has 0 atom stereocenters.